The van der Waals surface area contributed by atoms with Crippen LogP contribution < -0.4 is 14.8 Å². The van der Waals surface area contributed by atoms with Crippen LogP contribution >= 0.6 is 15.9 Å². The summed E-state index contributed by atoms with van der Waals surface area (Å²) >= 11 is 3.41. The fraction of sp³-hybridized carbons (Fsp3) is 0.316. The van der Waals surface area contributed by atoms with Gasteiger partial charge in [-0.3, -0.25) is 4.79 Å². The number of ether oxygens (including phenoxy) is 2. The molecule has 2 aromatic rings. The molecule has 0 fully saturated rings. The van der Waals surface area contributed by atoms with Gasteiger partial charge in [-0.2, -0.15) is 0 Å². The van der Waals surface area contributed by atoms with Crippen LogP contribution in [0.4, 0.5) is 5.69 Å². The molecule has 0 unspecified atom stereocenters. The molecule has 0 aliphatic rings. The Kier molecular flexibility index (Phi) is 6.67. The fourth-order valence-corrected chi connectivity index (χ4v) is 2.49. The molecule has 0 aliphatic carbocycles. The van der Waals surface area contributed by atoms with Crippen molar-refractivity contribution >= 4 is 27.5 Å². The topological polar surface area (TPSA) is 47.6 Å². The number of rotatable bonds is 7. The van der Waals surface area contributed by atoms with Gasteiger partial charge in [0, 0.05) is 4.47 Å². The third-order valence-electron chi connectivity index (χ3n) is 3.15. The van der Waals surface area contributed by atoms with E-state index in [9.17, 15) is 4.79 Å². The minimum atomic E-state index is -0.234. The predicted molar refractivity (Wildman–Crippen MR) is 100 cm³/mol. The number of hydrogen-bond acceptors (Lipinski definition) is 3. The van der Waals surface area contributed by atoms with E-state index in [0.717, 1.165) is 10.9 Å². The molecule has 0 aliphatic heterocycles. The second-order valence-electron chi connectivity index (χ2n) is 5.61. The molecule has 0 spiro atoms. The van der Waals surface area contributed by atoms with Crippen LogP contribution in [0, 0.1) is 0 Å². The van der Waals surface area contributed by atoms with Crippen molar-refractivity contribution in [3.63, 3.8) is 0 Å². The van der Waals surface area contributed by atoms with Crippen LogP contribution in [0.1, 0.15) is 37.6 Å². The van der Waals surface area contributed by atoms with Crippen LogP contribution in [0.15, 0.2) is 46.9 Å². The molecule has 0 bridgehead atoms. The van der Waals surface area contributed by atoms with E-state index >= 15 is 0 Å². The molecular weight excluding hydrogens is 370 g/mol. The lowest BCUT2D eigenvalue weighted by Gasteiger charge is -2.16. The maximum atomic E-state index is 12.7. The van der Waals surface area contributed by atoms with Crippen molar-refractivity contribution < 1.29 is 14.3 Å². The third-order valence-corrected chi connectivity index (χ3v) is 3.64. The third kappa shape index (κ3) is 4.99. The lowest BCUT2D eigenvalue weighted by atomic mass is 10.1. The summed E-state index contributed by atoms with van der Waals surface area (Å²) in [6.07, 6.45) is 0.903. The highest BCUT2D eigenvalue weighted by molar-refractivity contribution is 9.10. The van der Waals surface area contributed by atoms with Crippen LogP contribution in [-0.4, -0.2) is 18.6 Å². The number of amides is 1. The SMILES string of the molecule is CCCOc1ccc(Br)cc1C(=O)Nc1ccccc1OC(C)C. The van der Waals surface area contributed by atoms with E-state index in [1.165, 1.54) is 0 Å². The van der Waals surface area contributed by atoms with Crippen molar-refractivity contribution in [1.82, 2.24) is 0 Å². The molecule has 0 aromatic heterocycles. The summed E-state index contributed by atoms with van der Waals surface area (Å²) in [5, 5.41) is 2.91. The van der Waals surface area contributed by atoms with Crippen molar-refractivity contribution in [2.24, 2.45) is 0 Å². The van der Waals surface area contributed by atoms with Gasteiger partial charge in [-0.1, -0.05) is 35.0 Å². The summed E-state index contributed by atoms with van der Waals surface area (Å²) in [7, 11) is 0. The summed E-state index contributed by atoms with van der Waals surface area (Å²) in [6.45, 7) is 6.49. The monoisotopic (exact) mass is 391 g/mol. The smallest absolute Gasteiger partial charge is 0.259 e. The number of hydrogen-bond donors (Lipinski definition) is 1. The Labute approximate surface area is 151 Å². The van der Waals surface area contributed by atoms with E-state index in [2.05, 4.69) is 21.2 Å². The highest BCUT2D eigenvalue weighted by atomic mass is 79.9. The summed E-state index contributed by atoms with van der Waals surface area (Å²) < 4.78 is 12.3. The Morgan fingerprint density at radius 2 is 1.92 bits per heavy atom. The number of carbonyl (C=O) groups excluding carboxylic acids is 1. The van der Waals surface area contributed by atoms with Crippen LogP contribution in [-0.2, 0) is 0 Å². The van der Waals surface area contributed by atoms with Crippen LogP contribution in [0.5, 0.6) is 11.5 Å². The first-order chi connectivity index (χ1) is 11.5. The average Bonchev–Trinajstić information content (AvgIpc) is 2.55. The van der Waals surface area contributed by atoms with Crippen LogP contribution in [0.2, 0.25) is 0 Å². The first kappa shape index (κ1) is 18.3. The normalized spacial score (nSPS) is 10.5. The minimum Gasteiger partial charge on any atom is -0.493 e. The van der Waals surface area contributed by atoms with Crippen molar-refractivity contribution in [2.45, 2.75) is 33.3 Å². The van der Waals surface area contributed by atoms with Gasteiger partial charge in [0.2, 0.25) is 0 Å². The van der Waals surface area contributed by atoms with Crippen molar-refractivity contribution in [3.8, 4) is 11.5 Å². The van der Waals surface area contributed by atoms with Gasteiger partial charge >= 0.3 is 0 Å². The second kappa shape index (κ2) is 8.73. The molecule has 24 heavy (non-hydrogen) atoms. The van der Waals surface area contributed by atoms with Gasteiger partial charge in [0.15, 0.2) is 0 Å². The maximum Gasteiger partial charge on any atom is 0.259 e. The highest BCUT2D eigenvalue weighted by Gasteiger charge is 2.16. The van der Waals surface area contributed by atoms with Crippen LogP contribution in [0.3, 0.4) is 0 Å². The number of carbonyl (C=O) groups is 1. The molecule has 0 heterocycles. The van der Waals surface area contributed by atoms with Gasteiger partial charge in [0.1, 0.15) is 11.5 Å². The molecule has 0 atom stereocenters. The predicted octanol–water partition coefficient (Wildman–Crippen LogP) is 5.28. The van der Waals surface area contributed by atoms with Gasteiger partial charge in [-0.25, -0.2) is 0 Å². The molecule has 4 nitrogen and oxygen atoms in total. The molecule has 5 heteroatoms. The first-order valence-corrected chi connectivity index (χ1v) is 8.80. The maximum absolute atomic E-state index is 12.7. The van der Waals surface area contributed by atoms with Gasteiger partial charge < -0.3 is 14.8 Å². The molecule has 2 aromatic carbocycles. The molecule has 128 valence electrons. The van der Waals surface area contributed by atoms with Gasteiger partial charge in [-0.15, -0.1) is 0 Å². The summed E-state index contributed by atoms with van der Waals surface area (Å²) in [5.41, 5.74) is 1.12. The summed E-state index contributed by atoms with van der Waals surface area (Å²) in [6, 6.07) is 12.8. The molecule has 1 amide bonds. The number of halogens is 1. The molecule has 1 N–H and O–H groups in total. The lowest BCUT2D eigenvalue weighted by molar-refractivity contribution is 0.102. The van der Waals surface area contributed by atoms with E-state index < -0.39 is 0 Å². The molecular formula is C19H22BrNO3. The van der Waals surface area contributed by atoms with E-state index in [4.69, 9.17) is 9.47 Å². The Hall–Kier alpha value is -2.01. The zero-order valence-corrected chi connectivity index (χ0v) is 15.7. The van der Waals surface area contributed by atoms with E-state index in [0.29, 0.717) is 29.4 Å². The van der Waals surface area contributed by atoms with E-state index in [-0.39, 0.29) is 12.0 Å². The zero-order chi connectivity index (χ0) is 17.5. The summed E-state index contributed by atoms with van der Waals surface area (Å²) in [5.74, 6) is 0.980. The Bertz CT molecular complexity index is 701. The van der Waals surface area contributed by atoms with Crippen LogP contribution in [0.25, 0.3) is 0 Å². The summed E-state index contributed by atoms with van der Waals surface area (Å²) in [4.78, 5) is 12.7. The van der Waals surface area contributed by atoms with Gasteiger partial charge in [0.25, 0.3) is 5.91 Å². The second-order valence-corrected chi connectivity index (χ2v) is 6.52. The average molecular weight is 392 g/mol. The number of benzene rings is 2. The van der Waals surface area contributed by atoms with Crippen molar-refractivity contribution in [3.05, 3.63) is 52.5 Å². The Morgan fingerprint density at radius 1 is 1.17 bits per heavy atom. The standard InChI is InChI=1S/C19H22BrNO3/c1-4-11-23-17-10-9-14(20)12-15(17)19(22)21-16-7-5-6-8-18(16)24-13(2)3/h5-10,12-13H,4,11H2,1-3H3,(H,21,22). The molecule has 0 saturated heterocycles. The van der Waals surface area contributed by atoms with Gasteiger partial charge in [0.05, 0.1) is 24.0 Å². The Balaban J connectivity index is 2.25. The zero-order valence-electron chi connectivity index (χ0n) is 14.1. The van der Waals surface area contributed by atoms with E-state index in [1.54, 1.807) is 12.1 Å². The molecule has 2 rings (SSSR count). The number of para-hydroxylation sites is 2. The quantitative estimate of drug-likeness (QED) is 0.698. The number of nitrogens with one attached hydrogen (secondary N) is 1. The van der Waals surface area contributed by atoms with E-state index in [1.807, 2.05) is 51.1 Å². The van der Waals surface area contributed by atoms with Gasteiger partial charge in [-0.05, 0) is 50.6 Å². The first-order valence-electron chi connectivity index (χ1n) is 8.00. The number of anilines is 1. The largest absolute Gasteiger partial charge is 0.493 e. The minimum absolute atomic E-state index is 0.0253. The Morgan fingerprint density at radius 3 is 2.62 bits per heavy atom. The lowest BCUT2D eigenvalue weighted by Crippen LogP contribution is -2.16. The van der Waals surface area contributed by atoms with Crippen molar-refractivity contribution in [2.75, 3.05) is 11.9 Å². The fourth-order valence-electron chi connectivity index (χ4n) is 2.13. The molecule has 0 radical (unpaired) electrons. The van der Waals surface area contributed by atoms with Crippen molar-refractivity contribution in [1.29, 1.82) is 0 Å². The molecule has 0 saturated carbocycles. The highest BCUT2D eigenvalue weighted by Crippen LogP contribution is 2.28.